The van der Waals surface area contributed by atoms with Gasteiger partial charge in [0.05, 0.1) is 30.7 Å². The number of sulfone groups is 1. The van der Waals surface area contributed by atoms with Gasteiger partial charge in [-0.15, -0.1) is 0 Å². The van der Waals surface area contributed by atoms with Crippen molar-refractivity contribution in [3.63, 3.8) is 0 Å². The molecule has 0 aromatic heterocycles. The van der Waals surface area contributed by atoms with Crippen LogP contribution in [0.1, 0.15) is 18.1 Å². The second-order valence-corrected chi connectivity index (χ2v) is 10.5. The molecule has 1 fully saturated rings. The molecular weight excluding hydrogens is 404 g/mol. The molecule has 0 amide bonds. The number of nitrogens with zero attached hydrogens (tertiary/aromatic N) is 2. The van der Waals surface area contributed by atoms with Crippen LogP contribution in [0.5, 0.6) is 5.75 Å². The Balaban J connectivity index is 1.62. The molecule has 5 nitrogen and oxygen atoms in total. The predicted molar refractivity (Wildman–Crippen MR) is 122 cm³/mol. The third-order valence-corrected chi connectivity index (χ3v) is 8.30. The van der Waals surface area contributed by atoms with Crippen molar-refractivity contribution in [1.29, 1.82) is 0 Å². The van der Waals surface area contributed by atoms with Crippen molar-refractivity contribution in [2.75, 3.05) is 23.0 Å². The van der Waals surface area contributed by atoms with Gasteiger partial charge in [-0.2, -0.15) is 0 Å². The fourth-order valence-electron chi connectivity index (χ4n) is 3.57. The Bertz CT molecular complexity index is 1020. The Labute approximate surface area is 176 Å². The standard InChI is InChI=1S/C22H24N2O3S2/c1-3-16-5-7-17(8-6-16)13-24(18-9-11-19(12-10-18)27-4-2)22-23-20-14-29(25,26)15-21(20)28-22/h3,5-12,20-21H,1,4,13-15H2,2H3. The largest absolute Gasteiger partial charge is 0.494 e. The van der Waals surface area contributed by atoms with Crippen molar-refractivity contribution >= 4 is 38.5 Å². The molecule has 0 spiro atoms. The summed E-state index contributed by atoms with van der Waals surface area (Å²) in [6, 6.07) is 16.1. The fourth-order valence-corrected chi connectivity index (χ4v) is 7.35. The average Bonchev–Trinajstić information content (AvgIpc) is 3.21. The Hall–Kier alpha value is -2.25. The highest BCUT2D eigenvalue weighted by molar-refractivity contribution is 8.15. The van der Waals surface area contributed by atoms with Gasteiger partial charge in [0.2, 0.25) is 0 Å². The van der Waals surface area contributed by atoms with Crippen LogP contribution >= 0.6 is 11.8 Å². The predicted octanol–water partition coefficient (Wildman–Crippen LogP) is 4.00. The van der Waals surface area contributed by atoms with Gasteiger partial charge in [-0.05, 0) is 42.3 Å². The minimum Gasteiger partial charge on any atom is -0.494 e. The Morgan fingerprint density at radius 2 is 1.90 bits per heavy atom. The van der Waals surface area contributed by atoms with Crippen LogP contribution in [0.25, 0.3) is 6.08 Å². The van der Waals surface area contributed by atoms with E-state index in [1.54, 1.807) is 11.8 Å². The molecule has 152 valence electrons. The van der Waals surface area contributed by atoms with Crippen LogP contribution in [0.2, 0.25) is 0 Å². The van der Waals surface area contributed by atoms with E-state index in [9.17, 15) is 8.42 Å². The summed E-state index contributed by atoms with van der Waals surface area (Å²) in [5.74, 6) is 1.19. The van der Waals surface area contributed by atoms with Crippen LogP contribution in [0, 0.1) is 0 Å². The molecule has 2 aromatic carbocycles. The second kappa shape index (κ2) is 8.24. The summed E-state index contributed by atoms with van der Waals surface area (Å²) >= 11 is 1.58. The average molecular weight is 429 g/mol. The van der Waals surface area contributed by atoms with Gasteiger partial charge in [0.25, 0.3) is 0 Å². The molecule has 29 heavy (non-hydrogen) atoms. The lowest BCUT2D eigenvalue weighted by molar-refractivity contribution is 0.340. The van der Waals surface area contributed by atoms with E-state index in [1.165, 1.54) is 0 Å². The van der Waals surface area contributed by atoms with Crippen molar-refractivity contribution in [3.05, 3.63) is 66.2 Å². The molecule has 0 aliphatic carbocycles. The number of ether oxygens (including phenoxy) is 1. The molecule has 0 saturated carbocycles. The van der Waals surface area contributed by atoms with Gasteiger partial charge in [-0.3, -0.25) is 4.99 Å². The lowest BCUT2D eigenvalue weighted by atomic mass is 10.1. The molecule has 1 saturated heterocycles. The first-order valence-corrected chi connectivity index (χ1v) is 12.3. The summed E-state index contributed by atoms with van der Waals surface area (Å²) in [6.45, 7) is 7.05. The van der Waals surface area contributed by atoms with E-state index in [2.05, 4.69) is 23.6 Å². The van der Waals surface area contributed by atoms with E-state index in [1.807, 2.05) is 49.4 Å². The summed E-state index contributed by atoms with van der Waals surface area (Å²) in [4.78, 5) is 6.95. The SMILES string of the molecule is C=Cc1ccc(CN(C2=NC3CS(=O)(=O)CC3S2)c2ccc(OCC)cc2)cc1. The van der Waals surface area contributed by atoms with Gasteiger partial charge in [0, 0.05) is 10.9 Å². The Morgan fingerprint density at radius 1 is 1.17 bits per heavy atom. The van der Waals surface area contributed by atoms with E-state index in [0.29, 0.717) is 13.2 Å². The lowest BCUT2D eigenvalue weighted by Gasteiger charge is -2.25. The van der Waals surface area contributed by atoms with Gasteiger partial charge in [0.15, 0.2) is 15.0 Å². The molecule has 0 N–H and O–H groups in total. The van der Waals surface area contributed by atoms with Gasteiger partial charge in [0.1, 0.15) is 5.75 Å². The highest BCUT2D eigenvalue weighted by Gasteiger charge is 2.44. The second-order valence-electron chi connectivity index (χ2n) is 7.17. The zero-order chi connectivity index (χ0) is 20.4. The summed E-state index contributed by atoms with van der Waals surface area (Å²) in [7, 11) is -2.97. The van der Waals surface area contributed by atoms with E-state index < -0.39 is 9.84 Å². The Morgan fingerprint density at radius 3 is 2.52 bits per heavy atom. The number of hydrogen-bond acceptors (Lipinski definition) is 6. The number of rotatable bonds is 6. The van der Waals surface area contributed by atoms with Crippen molar-refractivity contribution < 1.29 is 13.2 Å². The molecule has 0 bridgehead atoms. The minimum absolute atomic E-state index is 0.0170. The number of hydrogen-bond donors (Lipinski definition) is 0. The van der Waals surface area contributed by atoms with E-state index in [4.69, 9.17) is 9.73 Å². The summed E-state index contributed by atoms with van der Waals surface area (Å²) in [6.07, 6.45) is 1.83. The van der Waals surface area contributed by atoms with Gasteiger partial charge in [-0.1, -0.05) is 48.7 Å². The number of thioether (sulfide) groups is 1. The maximum absolute atomic E-state index is 11.9. The zero-order valence-electron chi connectivity index (χ0n) is 16.3. The van der Waals surface area contributed by atoms with Crippen molar-refractivity contribution in [3.8, 4) is 5.75 Å². The molecule has 2 unspecified atom stereocenters. The highest BCUT2D eigenvalue weighted by atomic mass is 32.2. The molecule has 7 heteroatoms. The number of benzene rings is 2. The number of fused-ring (bicyclic) bond motifs is 1. The van der Waals surface area contributed by atoms with Gasteiger partial charge >= 0.3 is 0 Å². The van der Waals surface area contributed by atoms with Crippen LogP contribution in [0.4, 0.5) is 5.69 Å². The maximum Gasteiger partial charge on any atom is 0.164 e. The van der Waals surface area contributed by atoms with E-state index in [-0.39, 0.29) is 22.8 Å². The van der Waals surface area contributed by atoms with Gasteiger partial charge in [-0.25, -0.2) is 8.42 Å². The number of amidine groups is 1. The lowest BCUT2D eigenvalue weighted by Crippen LogP contribution is -2.28. The quantitative estimate of drug-likeness (QED) is 0.696. The van der Waals surface area contributed by atoms with Crippen LogP contribution in [-0.4, -0.2) is 43.0 Å². The summed E-state index contributed by atoms with van der Waals surface area (Å²) in [5.41, 5.74) is 3.24. The first-order chi connectivity index (χ1) is 14.0. The first-order valence-electron chi connectivity index (χ1n) is 9.64. The number of anilines is 1. The zero-order valence-corrected chi connectivity index (χ0v) is 18.0. The highest BCUT2D eigenvalue weighted by Crippen LogP contribution is 2.37. The van der Waals surface area contributed by atoms with Crippen LogP contribution in [0.15, 0.2) is 60.1 Å². The first kappa shape index (κ1) is 20.0. The Kier molecular flexibility index (Phi) is 5.69. The molecule has 0 radical (unpaired) electrons. The van der Waals surface area contributed by atoms with E-state index in [0.717, 1.165) is 27.7 Å². The van der Waals surface area contributed by atoms with E-state index >= 15 is 0 Å². The van der Waals surface area contributed by atoms with Crippen LogP contribution < -0.4 is 9.64 Å². The van der Waals surface area contributed by atoms with Crippen LogP contribution in [-0.2, 0) is 16.4 Å². The molecule has 2 aromatic rings. The molecule has 2 heterocycles. The molecule has 2 aliphatic rings. The monoisotopic (exact) mass is 428 g/mol. The van der Waals surface area contributed by atoms with Gasteiger partial charge < -0.3 is 9.64 Å². The van der Waals surface area contributed by atoms with Crippen molar-refractivity contribution in [2.24, 2.45) is 4.99 Å². The molecular formula is C22H24N2O3S2. The van der Waals surface area contributed by atoms with Crippen LogP contribution in [0.3, 0.4) is 0 Å². The fraction of sp³-hybridized carbons (Fsp3) is 0.318. The normalized spacial score (nSPS) is 22.0. The summed E-state index contributed by atoms with van der Waals surface area (Å²) in [5, 5.41) is 0.898. The molecule has 4 rings (SSSR count). The molecule has 2 atom stereocenters. The summed E-state index contributed by atoms with van der Waals surface area (Å²) < 4.78 is 29.4. The molecule has 2 aliphatic heterocycles. The third-order valence-electron chi connectivity index (χ3n) is 5.05. The topological polar surface area (TPSA) is 59.0 Å². The number of aliphatic imine (C=N–C) groups is 1. The third kappa shape index (κ3) is 4.51. The minimum atomic E-state index is -2.97. The van der Waals surface area contributed by atoms with Crippen molar-refractivity contribution in [2.45, 2.75) is 24.8 Å². The maximum atomic E-state index is 11.9. The van der Waals surface area contributed by atoms with Crippen molar-refractivity contribution in [1.82, 2.24) is 0 Å². The smallest absolute Gasteiger partial charge is 0.164 e.